The first-order valence-electron chi connectivity index (χ1n) is 7.17. The average molecular weight is 405 g/mol. The lowest BCUT2D eigenvalue weighted by molar-refractivity contribution is -0.145. The van der Waals surface area contributed by atoms with E-state index >= 15 is 0 Å². The fraction of sp³-hybridized carbons (Fsp3) is 0.500. The summed E-state index contributed by atoms with van der Waals surface area (Å²) in [5, 5.41) is 0. The molecule has 0 radical (unpaired) electrons. The van der Waals surface area contributed by atoms with Crippen molar-refractivity contribution in [1.82, 2.24) is 4.31 Å². The summed E-state index contributed by atoms with van der Waals surface area (Å²) in [6, 6.07) is -1.22. The lowest BCUT2D eigenvalue weighted by Gasteiger charge is -2.23. The van der Waals surface area contributed by atoms with Crippen molar-refractivity contribution in [2.75, 3.05) is 13.7 Å². The maximum Gasteiger partial charge on any atom is 0.416 e. The van der Waals surface area contributed by atoms with Gasteiger partial charge in [0.25, 0.3) is 0 Å². The van der Waals surface area contributed by atoms with E-state index in [2.05, 4.69) is 4.74 Å². The van der Waals surface area contributed by atoms with Crippen molar-refractivity contribution in [3.63, 3.8) is 0 Å². The number of rotatable bonds is 3. The molecule has 1 fully saturated rings. The maximum atomic E-state index is 12.9. The van der Waals surface area contributed by atoms with Gasteiger partial charge >= 0.3 is 18.3 Å². The van der Waals surface area contributed by atoms with Gasteiger partial charge in [-0.3, -0.25) is 4.79 Å². The van der Waals surface area contributed by atoms with Crippen LogP contribution in [0.15, 0.2) is 23.1 Å². The number of ether oxygens (including phenoxy) is 1. The van der Waals surface area contributed by atoms with Crippen molar-refractivity contribution in [3.05, 3.63) is 29.3 Å². The van der Waals surface area contributed by atoms with Gasteiger partial charge in [0, 0.05) is 6.54 Å². The number of hydrogen-bond donors (Lipinski definition) is 0. The van der Waals surface area contributed by atoms with Crippen LogP contribution in [0.4, 0.5) is 26.3 Å². The van der Waals surface area contributed by atoms with Crippen LogP contribution in [0.2, 0.25) is 0 Å². The van der Waals surface area contributed by atoms with Crippen LogP contribution in [0.3, 0.4) is 0 Å². The first kappa shape index (κ1) is 20.5. The average Bonchev–Trinajstić information content (AvgIpc) is 3.02. The molecule has 1 atom stereocenters. The Morgan fingerprint density at radius 3 is 2.00 bits per heavy atom. The summed E-state index contributed by atoms with van der Waals surface area (Å²) in [5.41, 5.74) is -3.50. The molecule has 1 aromatic rings. The van der Waals surface area contributed by atoms with Gasteiger partial charge < -0.3 is 4.74 Å². The van der Waals surface area contributed by atoms with Gasteiger partial charge in [0.1, 0.15) is 6.04 Å². The second-order valence-electron chi connectivity index (χ2n) is 5.54. The molecule has 0 aliphatic carbocycles. The Hall–Kier alpha value is -1.82. The minimum Gasteiger partial charge on any atom is -0.468 e. The Balaban J connectivity index is 2.60. The molecule has 0 aromatic heterocycles. The van der Waals surface area contributed by atoms with Gasteiger partial charge in [-0.05, 0) is 31.0 Å². The monoisotopic (exact) mass is 405 g/mol. The molecule has 0 bridgehead atoms. The number of esters is 1. The Morgan fingerprint density at radius 2 is 1.58 bits per heavy atom. The van der Waals surface area contributed by atoms with Crippen molar-refractivity contribution in [3.8, 4) is 0 Å². The first-order valence-corrected chi connectivity index (χ1v) is 8.61. The molecule has 0 saturated carbocycles. The maximum absolute atomic E-state index is 12.9. The summed E-state index contributed by atoms with van der Waals surface area (Å²) < 4.78 is 108. The second-order valence-corrected chi connectivity index (χ2v) is 7.43. The second kappa shape index (κ2) is 6.72. The summed E-state index contributed by atoms with van der Waals surface area (Å²) >= 11 is 0. The molecule has 1 aromatic carbocycles. The van der Waals surface area contributed by atoms with Crippen LogP contribution in [0, 0.1) is 0 Å². The van der Waals surface area contributed by atoms with Crippen LogP contribution in [0.25, 0.3) is 0 Å². The molecule has 0 amide bonds. The van der Waals surface area contributed by atoms with Crippen molar-refractivity contribution in [2.45, 2.75) is 36.1 Å². The number of sulfonamides is 1. The van der Waals surface area contributed by atoms with Crippen LogP contribution >= 0.6 is 0 Å². The van der Waals surface area contributed by atoms with Gasteiger partial charge in [0.2, 0.25) is 10.0 Å². The Labute approximate surface area is 144 Å². The van der Waals surface area contributed by atoms with Crippen LogP contribution in [0.1, 0.15) is 24.0 Å². The number of alkyl halides is 6. The molecule has 12 heteroatoms. The van der Waals surface area contributed by atoms with E-state index in [4.69, 9.17) is 0 Å². The third kappa shape index (κ3) is 3.95. The molecule has 2 rings (SSSR count). The zero-order valence-corrected chi connectivity index (χ0v) is 14.0. The number of benzene rings is 1. The number of hydrogen-bond acceptors (Lipinski definition) is 4. The standard InChI is InChI=1S/C14H13F6NO4S/c1-25-12(22)11-3-2-4-21(11)26(23,24)10-6-8(13(15,16)17)5-9(7-10)14(18,19)20/h5-7,11H,2-4H2,1H3. The zero-order chi connectivity index (χ0) is 19.9. The SMILES string of the molecule is COC(=O)C1CCCN1S(=O)(=O)c1cc(C(F)(F)F)cc(C(F)(F)F)c1. The van der Waals surface area contributed by atoms with Crippen LogP contribution in [0.5, 0.6) is 0 Å². The topological polar surface area (TPSA) is 63.7 Å². The lowest BCUT2D eigenvalue weighted by atomic mass is 10.1. The zero-order valence-electron chi connectivity index (χ0n) is 13.2. The molecule has 0 spiro atoms. The van der Waals surface area contributed by atoms with Gasteiger partial charge in [-0.2, -0.15) is 30.6 Å². The van der Waals surface area contributed by atoms with Gasteiger partial charge in [0.15, 0.2) is 0 Å². The highest BCUT2D eigenvalue weighted by molar-refractivity contribution is 7.89. The number of carbonyl (C=O) groups is 1. The number of carbonyl (C=O) groups excluding carboxylic acids is 1. The first-order chi connectivity index (χ1) is 11.8. The molecule has 1 unspecified atom stereocenters. The summed E-state index contributed by atoms with van der Waals surface area (Å²) in [4.78, 5) is 10.5. The molecule has 1 aliphatic rings. The quantitative estimate of drug-likeness (QED) is 0.573. The van der Waals surface area contributed by atoms with Gasteiger partial charge in [-0.15, -0.1) is 0 Å². The molecule has 1 heterocycles. The van der Waals surface area contributed by atoms with E-state index in [1.54, 1.807) is 0 Å². The minimum atomic E-state index is -5.18. The minimum absolute atomic E-state index is 0.0526. The lowest BCUT2D eigenvalue weighted by Crippen LogP contribution is -2.41. The smallest absolute Gasteiger partial charge is 0.416 e. The molecule has 1 aliphatic heterocycles. The molecular weight excluding hydrogens is 392 g/mol. The third-order valence-electron chi connectivity index (χ3n) is 3.84. The van der Waals surface area contributed by atoms with Crippen LogP contribution in [-0.4, -0.2) is 38.4 Å². The molecule has 146 valence electrons. The van der Waals surface area contributed by atoms with E-state index in [1.807, 2.05) is 0 Å². The normalized spacial score (nSPS) is 19.6. The molecule has 1 saturated heterocycles. The van der Waals surface area contributed by atoms with E-state index in [9.17, 15) is 39.6 Å². The summed E-state index contributed by atoms with van der Waals surface area (Å²) in [6.45, 7) is -0.223. The van der Waals surface area contributed by atoms with Gasteiger partial charge in [-0.25, -0.2) is 8.42 Å². The van der Waals surface area contributed by atoms with Crippen LogP contribution < -0.4 is 0 Å². The number of nitrogens with zero attached hydrogens (tertiary/aromatic N) is 1. The number of halogens is 6. The fourth-order valence-corrected chi connectivity index (χ4v) is 4.33. The van der Waals surface area contributed by atoms with E-state index < -0.39 is 50.4 Å². The van der Waals surface area contributed by atoms with Crippen molar-refractivity contribution >= 4 is 16.0 Å². The third-order valence-corrected chi connectivity index (χ3v) is 5.73. The highest BCUT2D eigenvalue weighted by Crippen LogP contribution is 2.38. The van der Waals surface area contributed by atoms with Crippen LogP contribution in [-0.2, 0) is 31.9 Å². The summed E-state index contributed by atoms with van der Waals surface area (Å²) in [5.74, 6) is -0.936. The molecule has 26 heavy (non-hydrogen) atoms. The van der Waals surface area contributed by atoms with Crippen molar-refractivity contribution in [2.24, 2.45) is 0 Å². The van der Waals surface area contributed by atoms with E-state index in [0.29, 0.717) is 4.31 Å². The van der Waals surface area contributed by atoms with Gasteiger partial charge in [-0.1, -0.05) is 0 Å². The number of methoxy groups -OCH3 is 1. The largest absolute Gasteiger partial charge is 0.468 e. The van der Waals surface area contributed by atoms with Crippen molar-refractivity contribution < 1.29 is 44.3 Å². The molecule has 0 N–H and O–H groups in total. The summed E-state index contributed by atoms with van der Waals surface area (Å²) in [6.07, 6.45) is -10.1. The van der Waals surface area contributed by atoms with Crippen molar-refractivity contribution in [1.29, 1.82) is 0 Å². The Kier molecular flexibility index (Phi) is 5.30. The molecular formula is C14H13F6NO4S. The highest BCUT2D eigenvalue weighted by atomic mass is 32.2. The van der Waals surface area contributed by atoms with E-state index in [0.717, 1.165) is 7.11 Å². The van der Waals surface area contributed by atoms with Gasteiger partial charge in [0.05, 0.1) is 23.1 Å². The predicted octanol–water partition coefficient (Wildman–Crippen LogP) is 3.05. The van der Waals surface area contributed by atoms with E-state index in [-0.39, 0.29) is 37.6 Å². The highest BCUT2D eigenvalue weighted by Gasteiger charge is 2.43. The predicted molar refractivity (Wildman–Crippen MR) is 75.4 cm³/mol. The fourth-order valence-electron chi connectivity index (χ4n) is 2.61. The Bertz CT molecular complexity index is 770. The van der Waals surface area contributed by atoms with E-state index in [1.165, 1.54) is 0 Å². The Morgan fingerprint density at radius 1 is 1.08 bits per heavy atom. The molecule has 5 nitrogen and oxygen atoms in total. The summed E-state index contributed by atoms with van der Waals surface area (Å²) in [7, 11) is -3.78.